The number of hydrogen-bond acceptors (Lipinski definition) is 2. The van der Waals surface area contributed by atoms with Crippen molar-refractivity contribution in [1.29, 1.82) is 0 Å². The molecule has 18 heavy (non-hydrogen) atoms. The van der Waals surface area contributed by atoms with Crippen molar-refractivity contribution < 1.29 is 4.79 Å². The second-order valence-corrected chi connectivity index (χ2v) is 6.59. The topological polar surface area (TPSA) is 46.3 Å². The first-order chi connectivity index (χ1) is 8.41. The Hall–Kier alpha value is -0.570. The van der Waals surface area contributed by atoms with Gasteiger partial charge >= 0.3 is 0 Å². The normalized spacial score (nSPS) is 24.6. The summed E-state index contributed by atoms with van der Waals surface area (Å²) in [6.07, 6.45) is 4.32. The molecule has 0 aromatic carbocycles. The van der Waals surface area contributed by atoms with E-state index in [1.54, 1.807) is 0 Å². The van der Waals surface area contributed by atoms with Gasteiger partial charge in [-0.3, -0.25) is 4.79 Å². The molecule has 0 saturated heterocycles. The second kappa shape index (κ2) is 7.13. The van der Waals surface area contributed by atoms with Gasteiger partial charge in [0.1, 0.15) is 0 Å². The molecule has 1 fully saturated rings. The molecule has 106 valence electrons. The van der Waals surface area contributed by atoms with E-state index in [9.17, 15) is 4.79 Å². The molecular weight excluding hydrogens is 224 g/mol. The van der Waals surface area contributed by atoms with E-state index in [2.05, 4.69) is 27.7 Å². The Morgan fingerprint density at radius 1 is 1.11 bits per heavy atom. The number of amides is 1. The van der Waals surface area contributed by atoms with Gasteiger partial charge in [-0.15, -0.1) is 0 Å². The molecule has 1 aliphatic carbocycles. The molecule has 0 spiro atoms. The first kappa shape index (κ1) is 15.5. The molecule has 0 bridgehead atoms. The van der Waals surface area contributed by atoms with E-state index >= 15 is 0 Å². The SMILES string of the molecule is CC(C)CN(CC(C)C)C(=O)C1CCCCC1N. The molecule has 1 rings (SSSR count). The molecule has 1 saturated carbocycles. The molecule has 0 aliphatic heterocycles. The Morgan fingerprint density at radius 3 is 2.06 bits per heavy atom. The van der Waals surface area contributed by atoms with Crippen molar-refractivity contribution in [1.82, 2.24) is 4.90 Å². The average Bonchev–Trinajstić information content (AvgIpc) is 2.26. The van der Waals surface area contributed by atoms with Crippen molar-refractivity contribution in [3.8, 4) is 0 Å². The van der Waals surface area contributed by atoms with Gasteiger partial charge in [-0.2, -0.15) is 0 Å². The summed E-state index contributed by atoms with van der Waals surface area (Å²) in [5, 5.41) is 0. The fourth-order valence-electron chi connectivity index (χ4n) is 2.84. The van der Waals surface area contributed by atoms with Gasteiger partial charge in [-0.1, -0.05) is 40.5 Å². The van der Waals surface area contributed by atoms with Crippen molar-refractivity contribution in [2.24, 2.45) is 23.5 Å². The minimum Gasteiger partial charge on any atom is -0.342 e. The molecule has 1 aliphatic rings. The standard InChI is InChI=1S/C15H30N2O/c1-11(2)9-17(10-12(3)4)15(18)13-7-5-6-8-14(13)16/h11-14H,5-10,16H2,1-4H3. The van der Waals surface area contributed by atoms with Crippen LogP contribution in [0.3, 0.4) is 0 Å². The zero-order chi connectivity index (χ0) is 13.7. The minimum absolute atomic E-state index is 0.0660. The quantitative estimate of drug-likeness (QED) is 0.820. The summed E-state index contributed by atoms with van der Waals surface area (Å²) in [4.78, 5) is 14.7. The monoisotopic (exact) mass is 254 g/mol. The predicted molar refractivity (Wildman–Crippen MR) is 76.2 cm³/mol. The first-order valence-electron chi connectivity index (χ1n) is 7.46. The average molecular weight is 254 g/mol. The molecule has 0 heterocycles. The van der Waals surface area contributed by atoms with Crippen LogP contribution in [0.5, 0.6) is 0 Å². The summed E-state index contributed by atoms with van der Waals surface area (Å²) in [6, 6.07) is 0.0769. The van der Waals surface area contributed by atoms with Crippen molar-refractivity contribution in [3.05, 3.63) is 0 Å². The maximum atomic E-state index is 12.6. The van der Waals surface area contributed by atoms with Crippen LogP contribution in [0.15, 0.2) is 0 Å². The van der Waals surface area contributed by atoms with Gasteiger partial charge in [0.2, 0.25) is 5.91 Å². The zero-order valence-corrected chi connectivity index (χ0v) is 12.5. The van der Waals surface area contributed by atoms with Crippen molar-refractivity contribution in [3.63, 3.8) is 0 Å². The molecule has 2 atom stereocenters. The lowest BCUT2D eigenvalue weighted by atomic mass is 9.84. The second-order valence-electron chi connectivity index (χ2n) is 6.59. The lowest BCUT2D eigenvalue weighted by molar-refractivity contribution is -0.138. The van der Waals surface area contributed by atoms with E-state index in [1.165, 1.54) is 6.42 Å². The van der Waals surface area contributed by atoms with Crippen LogP contribution in [0.25, 0.3) is 0 Å². The van der Waals surface area contributed by atoms with Crippen LogP contribution in [-0.2, 0) is 4.79 Å². The summed E-state index contributed by atoms with van der Waals surface area (Å²) >= 11 is 0. The molecule has 0 aromatic rings. The zero-order valence-electron chi connectivity index (χ0n) is 12.5. The highest BCUT2D eigenvalue weighted by molar-refractivity contribution is 5.79. The molecule has 0 aromatic heterocycles. The van der Waals surface area contributed by atoms with Crippen molar-refractivity contribution in [2.75, 3.05) is 13.1 Å². The first-order valence-corrected chi connectivity index (χ1v) is 7.46. The van der Waals surface area contributed by atoms with E-state index in [1.807, 2.05) is 4.90 Å². The maximum absolute atomic E-state index is 12.6. The lowest BCUT2D eigenvalue weighted by Gasteiger charge is -2.34. The minimum atomic E-state index is 0.0660. The van der Waals surface area contributed by atoms with E-state index in [0.29, 0.717) is 17.7 Å². The lowest BCUT2D eigenvalue weighted by Crippen LogP contribution is -2.47. The Bertz CT molecular complexity index is 253. The van der Waals surface area contributed by atoms with E-state index in [-0.39, 0.29) is 12.0 Å². The molecule has 3 heteroatoms. The van der Waals surface area contributed by atoms with Crippen molar-refractivity contribution in [2.45, 2.75) is 59.4 Å². The van der Waals surface area contributed by atoms with Crippen LogP contribution in [-0.4, -0.2) is 29.9 Å². The highest BCUT2D eigenvalue weighted by Crippen LogP contribution is 2.25. The highest BCUT2D eigenvalue weighted by Gasteiger charge is 2.31. The molecular formula is C15H30N2O. The molecule has 3 nitrogen and oxygen atoms in total. The number of carbonyl (C=O) groups is 1. The third-order valence-corrected chi connectivity index (χ3v) is 3.62. The summed E-state index contributed by atoms with van der Waals surface area (Å²) in [5.41, 5.74) is 6.13. The fourth-order valence-corrected chi connectivity index (χ4v) is 2.84. The number of rotatable bonds is 5. The summed E-state index contributed by atoms with van der Waals surface area (Å²) < 4.78 is 0. The van der Waals surface area contributed by atoms with Gasteiger partial charge in [-0.25, -0.2) is 0 Å². The molecule has 2 N–H and O–H groups in total. The van der Waals surface area contributed by atoms with E-state index in [0.717, 1.165) is 32.4 Å². The van der Waals surface area contributed by atoms with Gasteiger partial charge in [0.25, 0.3) is 0 Å². The van der Waals surface area contributed by atoms with Crippen LogP contribution in [0, 0.1) is 17.8 Å². The third-order valence-electron chi connectivity index (χ3n) is 3.62. The summed E-state index contributed by atoms with van der Waals surface area (Å²) in [7, 11) is 0. The Morgan fingerprint density at radius 2 is 1.61 bits per heavy atom. The van der Waals surface area contributed by atoms with Gasteiger partial charge < -0.3 is 10.6 Å². The maximum Gasteiger partial charge on any atom is 0.227 e. The number of nitrogens with two attached hydrogens (primary N) is 1. The number of nitrogens with zero attached hydrogens (tertiary/aromatic N) is 1. The van der Waals surface area contributed by atoms with Crippen LogP contribution < -0.4 is 5.73 Å². The molecule has 1 amide bonds. The van der Waals surface area contributed by atoms with Crippen LogP contribution in [0.4, 0.5) is 0 Å². The van der Waals surface area contributed by atoms with E-state index < -0.39 is 0 Å². The largest absolute Gasteiger partial charge is 0.342 e. The number of carbonyl (C=O) groups excluding carboxylic acids is 1. The molecule has 0 radical (unpaired) electrons. The van der Waals surface area contributed by atoms with Crippen LogP contribution in [0.1, 0.15) is 53.4 Å². The van der Waals surface area contributed by atoms with E-state index in [4.69, 9.17) is 5.73 Å². The fraction of sp³-hybridized carbons (Fsp3) is 0.933. The predicted octanol–water partition coefficient (Wildman–Crippen LogP) is 2.64. The highest BCUT2D eigenvalue weighted by atomic mass is 16.2. The Kier molecular flexibility index (Phi) is 6.13. The van der Waals surface area contributed by atoms with Gasteiger partial charge in [0.05, 0.1) is 5.92 Å². The van der Waals surface area contributed by atoms with Gasteiger partial charge in [-0.05, 0) is 24.7 Å². The van der Waals surface area contributed by atoms with Gasteiger partial charge in [0, 0.05) is 19.1 Å². The third kappa shape index (κ3) is 4.60. The Labute approximate surface area is 112 Å². The van der Waals surface area contributed by atoms with Gasteiger partial charge in [0.15, 0.2) is 0 Å². The van der Waals surface area contributed by atoms with Crippen LogP contribution >= 0.6 is 0 Å². The number of hydrogen-bond donors (Lipinski definition) is 1. The Balaban J connectivity index is 2.67. The van der Waals surface area contributed by atoms with Crippen molar-refractivity contribution >= 4 is 5.91 Å². The summed E-state index contributed by atoms with van der Waals surface area (Å²) in [5.74, 6) is 1.40. The smallest absolute Gasteiger partial charge is 0.227 e. The summed E-state index contributed by atoms with van der Waals surface area (Å²) in [6.45, 7) is 10.4. The molecule has 2 unspecified atom stereocenters. The van der Waals surface area contributed by atoms with Crippen LogP contribution in [0.2, 0.25) is 0 Å².